The highest BCUT2D eigenvalue weighted by molar-refractivity contribution is 6.38. The van der Waals surface area contributed by atoms with Crippen LogP contribution in [0.15, 0.2) is 54.6 Å². The Morgan fingerprint density at radius 1 is 0.644 bits per heavy atom. The van der Waals surface area contributed by atoms with Crippen molar-refractivity contribution in [2.45, 2.75) is 162 Å². The van der Waals surface area contributed by atoms with Crippen LogP contribution in [0, 0.1) is 0 Å². The average molecular weight is 820 g/mol. The minimum Gasteiger partial charge on any atom is -0.458 e. The zero-order valence-corrected chi connectivity index (χ0v) is 36.2. The van der Waals surface area contributed by atoms with Gasteiger partial charge in [-0.1, -0.05) is 140 Å². The summed E-state index contributed by atoms with van der Waals surface area (Å²) in [5, 5.41) is 12.7. The van der Waals surface area contributed by atoms with Crippen LogP contribution in [-0.2, 0) is 51.1 Å². The number of benzene rings is 2. The van der Waals surface area contributed by atoms with Gasteiger partial charge in [0.15, 0.2) is 6.04 Å². The molecule has 0 heterocycles. The first-order chi connectivity index (χ1) is 28.2. The maximum Gasteiger partial charge on any atom is 0.333 e. The summed E-state index contributed by atoms with van der Waals surface area (Å²) in [5.41, 5.74) is 1.49. The van der Waals surface area contributed by atoms with Gasteiger partial charge in [0.1, 0.15) is 11.6 Å². The molecule has 5 amide bonds. The Morgan fingerprint density at radius 2 is 1.25 bits per heavy atom. The smallest absolute Gasteiger partial charge is 0.333 e. The average Bonchev–Trinajstić information content (AvgIpc) is 3.21. The zero-order valence-electron chi connectivity index (χ0n) is 36.2. The first-order valence-corrected chi connectivity index (χ1v) is 21.5. The normalized spacial score (nSPS) is 13.9. The van der Waals surface area contributed by atoms with Crippen molar-refractivity contribution in [2.24, 2.45) is 0 Å². The Hall–Kier alpha value is -5.07. The highest BCUT2D eigenvalue weighted by Gasteiger charge is 2.32. The molecule has 3 rings (SSSR count). The lowest BCUT2D eigenvalue weighted by atomic mass is 10.00. The number of aryl methyl sites for hydroxylation is 1. The number of ether oxygens (including phenoxy) is 1. The van der Waals surface area contributed by atoms with E-state index in [1.54, 1.807) is 58.0 Å². The van der Waals surface area contributed by atoms with Crippen LogP contribution < -0.4 is 26.6 Å². The lowest BCUT2D eigenvalue weighted by Crippen LogP contribution is -2.55. The van der Waals surface area contributed by atoms with Crippen LogP contribution in [0.4, 0.5) is 0 Å². The van der Waals surface area contributed by atoms with E-state index in [-0.39, 0.29) is 31.7 Å². The second kappa shape index (κ2) is 27.6. The van der Waals surface area contributed by atoms with Gasteiger partial charge in [0, 0.05) is 12.8 Å². The molecule has 0 aromatic heterocycles. The third-order valence-corrected chi connectivity index (χ3v) is 9.50. The predicted molar refractivity (Wildman–Crippen MR) is 229 cm³/mol. The second-order valence-electron chi connectivity index (χ2n) is 16.1. The van der Waals surface area contributed by atoms with Gasteiger partial charge in [0.2, 0.25) is 29.4 Å². The fraction of sp³-hybridized carbons (Fsp3) is 0.587. The van der Waals surface area contributed by atoms with Gasteiger partial charge in [-0.2, -0.15) is 0 Å². The summed E-state index contributed by atoms with van der Waals surface area (Å²) in [6.07, 6.45) is 14.2. The molecule has 1 fully saturated rings. The minimum atomic E-state index is -1.25. The highest BCUT2D eigenvalue weighted by Crippen LogP contribution is 2.19. The molecule has 0 aliphatic heterocycles. The number of carbonyl (C=O) groups excluding carboxylic acids is 7. The summed E-state index contributed by atoms with van der Waals surface area (Å²) in [4.78, 5) is 91.0. The van der Waals surface area contributed by atoms with Crippen LogP contribution >= 0.6 is 0 Å². The number of unbranched alkanes of at least 4 members (excludes halogenated alkanes) is 2. The van der Waals surface area contributed by atoms with Crippen LogP contribution in [0.2, 0.25) is 0 Å². The molecule has 0 radical (unpaired) electrons. The van der Waals surface area contributed by atoms with Gasteiger partial charge in [0.05, 0.1) is 19.1 Å². The molecule has 2 aromatic rings. The number of amides is 5. The minimum absolute atomic E-state index is 0.0964. The Kier molecular flexibility index (Phi) is 23.4. The Balaban J connectivity index is 0.00000182. The first-order valence-electron chi connectivity index (χ1n) is 21.5. The molecule has 0 spiro atoms. The van der Waals surface area contributed by atoms with E-state index in [1.165, 1.54) is 38.5 Å². The van der Waals surface area contributed by atoms with Crippen LogP contribution in [-0.4, -0.2) is 72.1 Å². The summed E-state index contributed by atoms with van der Waals surface area (Å²) in [6.45, 7) is 10.00. The SMILES string of the molecule is C1CCCCC1.CCCCCC(=O)NCC(=O)NC(Cc1cccc(CCC)c1)C(=O)NC(CCC)C(=O)C(=O)NCC(=O)NC(C(=O)OC(C)(C)C)c1ccccc1. The van der Waals surface area contributed by atoms with Crippen molar-refractivity contribution in [1.82, 2.24) is 26.6 Å². The van der Waals surface area contributed by atoms with Gasteiger partial charge in [-0.25, -0.2) is 4.79 Å². The van der Waals surface area contributed by atoms with Crippen molar-refractivity contribution in [3.8, 4) is 0 Å². The predicted octanol–water partition coefficient (Wildman–Crippen LogP) is 5.87. The molecule has 0 saturated heterocycles. The van der Waals surface area contributed by atoms with Gasteiger partial charge in [0.25, 0.3) is 5.91 Å². The second-order valence-corrected chi connectivity index (χ2v) is 16.1. The Morgan fingerprint density at radius 3 is 1.85 bits per heavy atom. The van der Waals surface area contributed by atoms with E-state index >= 15 is 0 Å². The first kappa shape index (κ1) is 50.1. The van der Waals surface area contributed by atoms with E-state index in [2.05, 4.69) is 33.5 Å². The molecule has 3 unspecified atom stereocenters. The van der Waals surface area contributed by atoms with Crippen molar-refractivity contribution >= 4 is 41.3 Å². The van der Waals surface area contributed by atoms with E-state index in [9.17, 15) is 33.6 Å². The molecular weight excluding hydrogens is 751 g/mol. The van der Waals surface area contributed by atoms with E-state index in [1.807, 2.05) is 31.2 Å². The molecule has 1 saturated carbocycles. The molecule has 1 aliphatic rings. The Bertz CT molecular complexity index is 1630. The van der Waals surface area contributed by atoms with E-state index in [0.29, 0.717) is 18.4 Å². The third kappa shape index (κ3) is 21.0. The maximum absolute atomic E-state index is 13.7. The lowest BCUT2D eigenvalue weighted by Gasteiger charge is -2.25. The summed E-state index contributed by atoms with van der Waals surface area (Å²) >= 11 is 0. The van der Waals surface area contributed by atoms with Gasteiger partial charge < -0.3 is 31.3 Å². The molecule has 2 aromatic carbocycles. The third-order valence-electron chi connectivity index (χ3n) is 9.50. The number of ketones is 1. The van der Waals surface area contributed by atoms with Crippen molar-refractivity contribution in [3.63, 3.8) is 0 Å². The van der Waals surface area contributed by atoms with E-state index in [0.717, 1.165) is 36.8 Å². The lowest BCUT2D eigenvalue weighted by molar-refractivity contribution is -0.158. The van der Waals surface area contributed by atoms with Crippen molar-refractivity contribution < 1.29 is 38.3 Å². The van der Waals surface area contributed by atoms with Crippen LogP contribution in [0.25, 0.3) is 0 Å². The van der Waals surface area contributed by atoms with Gasteiger partial charge >= 0.3 is 5.97 Å². The molecular formula is C46H69N5O8. The van der Waals surface area contributed by atoms with Crippen LogP contribution in [0.3, 0.4) is 0 Å². The number of nitrogens with one attached hydrogen (secondary N) is 5. The number of esters is 1. The van der Waals surface area contributed by atoms with Crippen molar-refractivity contribution in [1.29, 1.82) is 0 Å². The highest BCUT2D eigenvalue weighted by atomic mass is 16.6. The monoisotopic (exact) mass is 820 g/mol. The largest absolute Gasteiger partial charge is 0.458 e. The van der Waals surface area contributed by atoms with Gasteiger partial charge in [-0.3, -0.25) is 28.8 Å². The van der Waals surface area contributed by atoms with E-state index in [4.69, 9.17) is 4.74 Å². The van der Waals surface area contributed by atoms with Crippen LogP contribution in [0.1, 0.15) is 148 Å². The standard InChI is InChI=1S/C40H57N5O8.C6H12/c1-7-10-12-22-32(46)41-25-33(47)43-31(24-28-19-15-18-27(23-28)16-8-2)37(50)44-30(17-9-3)36(49)38(51)42-26-34(48)45-35(29-20-13-11-14-21-29)39(52)53-40(4,5)6;1-2-4-6-5-3-1/h11,13-15,18-21,23,30-31,35H,7-10,12,16-17,22,24-26H2,1-6H3,(H,41,46)(H,42,51)(H,43,47)(H,44,50)(H,45,48);1-6H2. The molecule has 59 heavy (non-hydrogen) atoms. The number of hydrogen-bond donors (Lipinski definition) is 5. The molecule has 1 aliphatic carbocycles. The molecule has 0 bridgehead atoms. The van der Waals surface area contributed by atoms with Crippen LogP contribution in [0.5, 0.6) is 0 Å². The quantitative estimate of drug-likeness (QED) is 0.0554. The molecule has 5 N–H and O–H groups in total. The summed E-state index contributed by atoms with van der Waals surface area (Å²) in [7, 11) is 0. The molecule has 13 heteroatoms. The fourth-order valence-corrected chi connectivity index (χ4v) is 6.49. The van der Waals surface area contributed by atoms with E-state index < -0.39 is 65.7 Å². The topological polar surface area (TPSA) is 189 Å². The summed E-state index contributed by atoms with van der Waals surface area (Å²) in [6, 6.07) is 12.5. The van der Waals surface area contributed by atoms with Crippen molar-refractivity contribution in [2.75, 3.05) is 13.1 Å². The number of Topliss-reactive ketones (excluding diaryl/α,β-unsaturated/α-hetero) is 1. The zero-order chi connectivity index (χ0) is 43.6. The summed E-state index contributed by atoms with van der Waals surface area (Å²) < 4.78 is 5.47. The fourth-order valence-electron chi connectivity index (χ4n) is 6.49. The number of hydrogen-bond acceptors (Lipinski definition) is 8. The number of rotatable bonds is 22. The number of carbonyl (C=O) groups is 7. The Labute approximate surface area is 351 Å². The van der Waals surface area contributed by atoms with Crippen molar-refractivity contribution in [3.05, 3.63) is 71.3 Å². The molecule has 13 nitrogen and oxygen atoms in total. The maximum atomic E-state index is 13.7. The van der Waals surface area contributed by atoms with Gasteiger partial charge in [-0.15, -0.1) is 0 Å². The molecule has 3 atom stereocenters. The summed E-state index contributed by atoms with van der Waals surface area (Å²) in [5.74, 6) is -5.06. The van der Waals surface area contributed by atoms with Gasteiger partial charge in [-0.05, 0) is 56.7 Å². The molecule has 326 valence electrons.